The van der Waals surface area contributed by atoms with Crippen molar-refractivity contribution in [3.8, 4) is 11.6 Å². The van der Waals surface area contributed by atoms with Crippen molar-refractivity contribution in [2.75, 3.05) is 0 Å². The lowest BCUT2D eigenvalue weighted by molar-refractivity contribution is 0.462. The van der Waals surface area contributed by atoms with Crippen LogP contribution >= 0.6 is 11.6 Å². The summed E-state index contributed by atoms with van der Waals surface area (Å²) in [5, 5.41) is 1.45. The zero-order valence-electron chi connectivity index (χ0n) is 11.7. The minimum atomic E-state index is -0.497. The third-order valence-corrected chi connectivity index (χ3v) is 3.53. The molecule has 0 radical (unpaired) electrons. The Morgan fingerprint density at radius 3 is 2.57 bits per heavy atom. The molecule has 4 aromatic rings. The van der Waals surface area contributed by atoms with Crippen LogP contribution in [0, 0.1) is 0 Å². The predicted octanol–water partition coefficient (Wildman–Crippen LogP) is 4.18. The van der Waals surface area contributed by atoms with E-state index in [4.69, 9.17) is 20.8 Å². The number of halogens is 1. The first-order valence-electron chi connectivity index (χ1n) is 6.84. The quantitative estimate of drug-likeness (QED) is 0.409. The molecule has 0 amide bonds. The molecule has 0 unspecified atom stereocenters. The molecule has 2 aromatic carbocycles. The molecule has 2 heterocycles. The number of fused-ring (bicyclic) bond motifs is 2. The Kier molecular flexibility index (Phi) is 3.20. The summed E-state index contributed by atoms with van der Waals surface area (Å²) in [5.74, 6) is 0.646. The summed E-state index contributed by atoms with van der Waals surface area (Å²) < 4.78 is 11.0. The molecule has 0 N–H and O–H groups in total. The fourth-order valence-electron chi connectivity index (χ4n) is 2.37. The molecule has 0 atom stereocenters. The van der Waals surface area contributed by atoms with Crippen molar-refractivity contribution in [2.24, 2.45) is 0 Å². The van der Waals surface area contributed by atoms with E-state index in [2.05, 4.69) is 9.97 Å². The molecule has 5 nitrogen and oxygen atoms in total. The monoisotopic (exact) mass is 324 g/mol. The maximum atomic E-state index is 11.7. The van der Waals surface area contributed by atoms with E-state index in [9.17, 15) is 4.79 Å². The average Bonchev–Trinajstić information content (AvgIpc) is 2.54. The van der Waals surface area contributed by atoms with E-state index in [0.29, 0.717) is 27.6 Å². The lowest BCUT2D eigenvalue weighted by atomic mass is 10.2. The molecule has 2 aromatic heterocycles. The minimum absolute atomic E-state index is 0.0750. The van der Waals surface area contributed by atoms with Gasteiger partial charge in [-0.2, -0.15) is 4.98 Å². The molecule has 0 bridgehead atoms. The molecule has 0 aliphatic heterocycles. The molecule has 0 fully saturated rings. The standard InChI is InChI=1S/C17H9ClN2O3/c18-17-19-12-7-3-1-5-10(12)16(20-17)23-14-9-15(21)22-13-8-4-2-6-11(13)14/h1-9H. The van der Waals surface area contributed by atoms with Gasteiger partial charge in [-0.05, 0) is 35.9 Å². The first-order chi connectivity index (χ1) is 11.2. The van der Waals surface area contributed by atoms with Gasteiger partial charge in [-0.25, -0.2) is 9.78 Å². The van der Waals surface area contributed by atoms with Crippen LogP contribution in [0.5, 0.6) is 11.6 Å². The van der Waals surface area contributed by atoms with Crippen LogP contribution in [0.2, 0.25) is 5.28 Å². The summed E-state index contributed by atoms with van der Waals surface area (Å²) in [6.45, 7) is 0. The minimum Gasteiger partial charge on any atom is -0.437 e. The third kappa shape index (κ3) is 2.51. The topological polar surface area (TPSA) is 65.2 Å². The number of ether oxygens (including phenoxy) is 1. The summed E-state index contributed by atoms with van der Waals surface area (Å²) in [6, 6.07) is 15.8. The van der Waals surface area contributed by atoms with Gasteiger partial charge in [-0.3, -0.25) is 0 Å². The van der Waals surface area contributed by atoms with Crippen molar-refractivity contribution in [2.45, 2.75) is 0 Å². The van der Waals surface area contributed by atoms with E-state index in [1.807, 2.05) is 30.3 Å². The van der Waals surface area contributed by atoms with Crippen LogP contribution in [0.15, 0.2) is 63.8 Å². The second kappa shape index (κ2) is 5.37. The van der Waals surface area contributed by atoms with E-state index < -0.39 is 5.63 Å². The molecular formula is C17H9ClN2O3. The summed E-state index contributed by atoms with van der Waals surface area (Å²) in [4.78, 5) is 20.0. The maximum absolute atomic E-state index is 11.7. The van der Waals surface area contributed by atoms with Gasteiger partial charge >= 0.3 is 5.63 Å². The van der Waals surface area contributed by atoms with Crippen molar-refractivity contribution < 1.29 is 9.15 Å². The van der Waals surface area contributed by atoms with Crippen LogP contribution in [0.4, 0.5) is 0 Å². The van der Waals surface area contributed by atoms with Gasteiger partial charge in [-0.15, -0.1) is 0 Å². The second-order valence-corrected chi connectivity index (χ2v) is 5.18. The second-order valence-electron chi connectivity index (χ2n) is 4.84. The Labute approximate surface area is 135 Å². The van der Waals surface area contributed by atoms with E-state index in [-0.39, 0.29) is 11.2 Å². The molecule has 6 heteroatoms. The lowest BCUT2D eigenvalue weighted by Gasteiger charge is -2.09. The molecule has 0 spiro atoms. The fraction of sp³-hybridized carbons (Fsp3) is 0. The number of benzene rings is 2. The first kappa shape index (κ1) is 13.7. The van der Waals surface area contributed by atoms with Gasteiger partial charge in [0.1, 0.15) is 11.3 Å². The first-order valence-corrected chi connectivity index (χ1v) is 7.21. The van der Waals surface area contributed by atoms with E-state index in [0.717, 1.165) is 0 Å². The van der Waals surface area contributed by atoms with Gasteiger partial charge in [0, 0.05) is 0 Å². The van der Waals surface area contributed by atoms with E-state index in [1.165, 1.54) is 6.07 Å². The Bertz CT molecular complexity index is 1090. The number of hydrogen-bond acceptors (Lipinski definition) is 5. The molecule has 0 saturated heterocycles. The highest BCUT2D eigenvalue weighted by Gasteiger charge is 2.12. The molecule has 0 aliphatic carbocycles. The van der Waals surface area contributed by atoms with Crippen molar-refractivity contribution >= 4 is 33.5 Å². The van der Waals surface area contributed by atoms with Crippen LogP contribution < -0.4 is 10.4 Å². The van der Waals surface area contributed by atoms with Crippen LogP contribution in [-0.4, -0.2) is 9.97 Å². The fourth-order valence-corrected chi connectivity index (χ4v) is 2.54. The normalized spacial score (nSPS) is 11.0. The maximum Gasteiger partial charge on any atom is 0.339 e. The third-order valence-electron chi connectivity index (χ3n) is 3.36. The van der Waals surface area contributed by atoms with Gasteiger partial charge in [0.15, 0.2) is 0 Å². The largest absolute Gasteiger partial charge is 0.437 e. The number of para-hydroxylation sites is 2. The zero-order valence-corrected chi connectivity index (χ0v) is 12.4. The van der Waals surface area contributed by atoms with Crippen LogP contribution in [0.3, 0.4) is 0 Å². The molecule has 23 heavy (non-hydrogen) atoms. The average molecular weight is 325 g/mol. The van der Waals surface area contributed by atoms with Crippen LogP contribution in [0.1, 0.15) is 0 Å². The van der Waals surface area contributed by atoms with Crippen molar-refractivity contribution in [1.29, 1.82) is 0 Å². The Balaban J connectivity index is 1.94. The number of aromatic nitrogens is 2. The molecule has 112 valence electrons. The predicted molar refractivity (Wildman–Crippen MR) is 87.1 cm³/mol. The smallest absolute Gasteiger partial charge is 0.339 e. The Hall–Kier alpha value is -2.92. The zero-order chi connectivity index (χ0) is 15.8. The van der Waals surface area contributed by atoms with Crippen LogP contribution in [-0.2, 0) is 0 Å². The molecule has 0 saturated carbocycles. The van der Waals surface area contributed by atoms with Gasteiger partial charge in [0.2, 0.25) is 11.2 Å². The summed E-state index contributed by atoms with van der Waals surface area (Å²) in [5.41, 5.74) is 0.609. The summed E-state index contributed by atoms with van der Waals surface area (Å²) in [7, 11) is 0. The molecule has 4 rings (SSSR count). The molecule has 0 aliphatic rings. The van der Waals surface area contributed by atoms with Gasteiger partial charge in [0.05, 0.1) is 22.4 Å². The van der Waals surface area contributed by atoms with Crippen molar-refractivity contribution in [3.63, 3.8) is 0 Å². The van der Waals surface area contributed by atoms with E-state index >= 15 is 0 Å². The summed E-state index contributed by atoms with van der Waals surface area (Å²) >= 11 is 5.96. The van der Waals surface area contributed by atoms with Gasteiger partial charge in [-0.1, -0.05) is 24.3 Å². The Morgan fingerprint density at radius 2 is 1.70 bits per heavy atom. The highest BCUT2D eigenvalue weighted by Crippen LogP contribution is 2.31. The van der Waals surface area contributed by atoms with E-state index in [1.54, 1.807) is 18.2 Å². The van der Waals surface area contributed by atoms with Crippen molar-refractivity contribution in [3.05, 3.63) is 70.3 Å². The highest BCUT2D eigenvalue weighted by molar-refractivity contribution is 6.28. The summed E-state index contributed by atoms with van der Waals surface area (Å²) in [6.07, 6.45) is 0. The SMILES string of the molecule is O=c1cc(Oc2nc(Cl)nc3ccccc23)c2ccccc2o1. The van der Waals surface area contributed by atoms with Gasteiger partial charge in [0.25, 0.3) is 0 Å². The number of rotatable bonds is 2. The highest BCUT2D eigenvalue weighted by atomic mass is 35.5. The Morgan fingerprint density at radius 1 is 0.957 bits per heavy atom. The molecular weight excluding hydrogens is 316 g/mol. The number of nitrogens with zero attached hydrogens (tertiary/aromatic N) is 2. The number of hydrogen-bond donors (Lipinski definition) is 0. The van der Waals surface area contributed by atoms with Gasteiger partial charge < -0.3 is 9.15 Å². The van der Waals surface area contributed by atoms with Crippen molar-refractivity contribution in [1.82, 2.24) is 9.97 Å². The van der Waals surface area contributed by atoms with Crippen LogP contribution in [0.25, 0.3) is 21.9 Å². The lowest BCUT2D eigenvalue weighted by Crippen LogP contribution is -2.00.